The molecular weight excluding hydrogens is 442 g/mol. The van der Waals surface area contributed by atoms with Gasteiger partial charge in [0.25, 0.3) is 0 Å². The Morgan fingerprint density at radius 3 is 2.34 bits per heavy atom. The number of aliphatic hydroxyl groups is 1. The summed E-state index contributed by atoms with van der Waals surface area (Å²) in [5.74, 6) is -2.86. The van der Waals surface area contributed by atoms with Crippen molar-refractivity contribution >= 4 is 29.2 Å². The summed E-state index contributed by atoms with van der Waals surface area (Å²) in [7, 11) is 0. The van der Waals surface area contributed by atoms with E-state index in [0.717, 1.165) is 6.07 Å². The summed E-state index contributed by atoms with van der Waals surface area (Å²) >= 11 is 6.06. The summed E-state index contributed by atoms with van der Waals surface area (Å²) < 4.78 is 26.5. The summed E-state index contributed by atoms with van der Waals surface area (Å²) in [6.07, 6.45) is 0.967. The topological polar surface area (TPSA) is 89.9 Å². The fourth-order valence-electron chi connectivity index (χ4n) is 3.95. The number of carboxylic acids is 1. The highest BCUT2D eigenvalue weighted by Crippen LogP contribution is 2.29. The molecule has 3 rings (SSSR count). The average Bonchev–Trinajstić information content (AvgIpc) is 2.92. The van der Waals surface area contributed by atoms with Gasteiger partial charge in [0.15, 0.2) is 0 Å². The number of amides is 1. The second kappa shape index (κ2) is 10.7. The van der Waals surface area contributed by atoms with Crippen LogP contribution >= 0.6 is 11.6 Å². The van der Waals surface area contributed by atoms with Crippen molar-refractivity contribution in [1.82, 2.24) is 4.90 Å². The number of rotatable bonds is 7. The first kappa shape index (κ1) is 23.9. The minimum absolute atomic E-state index is 0.0550. The van der Waals surface area contributed by atoms with Crippen molar-refractivity contribution in [2.45, 2.75) is 44.4 Å². The van der Waals surface area contributed by atoms with Gasteiger partial charge >= 0.3 is 5.97 Å². The number of nitrogens with zero attached hydrogens (tertiary/aromatic N) is 1. The van der Waals surface area contributed by atoms with E-state index in [1.807, 2.05) is 0 Å². The van der Waals surface area contributed by atoms with Gasteiger partial charge < -0.3 is 20.4 Å². The number of nitrogens with one attached hydrogen (secondary N) is 1. The van der Waals surface area contributed by atoms with Crippen molar-refractivity contribution in [2.24, 2.45) is 5.92 Å². The maximum Gasteiger partial charge on any atom is 0.323 e. The standard InChI is InChI=1S/C23H25ClF2N2O4/c24-19-11-17(26)4-1-15(19)12-28(13-22(30)31)23(32)14-2-9-20(21(29)10-3-14)27-18-7-5-16(25)6-8-18/h1,4-8,11,14,20-21,27,29H,2-3,9-10,12-13H2,(H,30,31)/t14-,20+,21+/m1/s1. The maximum absolute atomic E-state index is 13.3. The molecule has 0 aliphatic heterocycles. The zero-order valence-electron chi connectivity index (χ0n) is 17.3. The molecule has 0 radical (unpaired) electrons. The number of hydrogen-bond acceptors (Lipinski definition) is 4. The van der Waals surface area contributed by atoms with E-state index in [4.69, 9.17) is 11.6 Å². The summed E-state index contributed by atoms with van der Waals surface area (Å²) in [4.78, 5) is 25.7. The molecule has 1 saturated carbocycles. The molecule has 6 nitrogen and oxygen atoms in total. The van der Waals surface area contributed by atoms with Gasteiger partial charge in [-0.25, -0.2) is 8.78 Å². The van der Waals surface area contributed by atoms with E-state index in [1.165, 1.54) is 29.2 Å². The van der Waals surface area contributed by atoms with Gasteiger partial charge in [-0.2, -0.15) is 0 Å². The molecule has 0 bridgehead atoms. The molecule has 2 aromatic rings. The Hall–Kier alpha value is -2.71. The number of carbonyl (C=O) groups excluding carboxylic acids is 1. The Kier molecular flexibility index (Phi) is 8.04. The molecule has 2 aromatic carbocycles. The number of carboxylic acid groups (broad SMARTS) is 1. The fourth-order valence-corrected chi connectivity index (χ4v) is 4.18. The van der Waals surface area contributed by atoms with E-state index in [0.29, 0.717) is 36.9 Å². The van der Waals surface area contributed by atoms with Crippen LogP contribution in [0.4, 0.5) is 14.5 Å². The van der Waals surface area contributed by atoms with Crippen LogP contribution in [0.25, 0.3) is 0 Å². The largest absolute Gasteiger partial charge is 0.480 e. The van der Waals surface area contributed by atoms with E-state index in [1.54, 1.807) is 12.1 Å². The summed E-state index contributed by atoms with van der Waals surface area (Å²) in [6.45, 7) is -0.566. The number of carbonyl (C=O) groups is 2. The van der Waals surface area contributed by atoms with Crippen LogP contribution in [0, 0.1) is 17.6 Å². The van der Waals surface area contributed by atoms with Gasteiger partial charge in [-0.3, -0.25) is 9.59 Å². The predicted molar refractivity (Wildman–Crippen MR) is 116 cm³/mol. The van der Waals surface area contributed by atoms with Crippen LogP contribution in [0.3, 0.4) is 0 Å². The highest BCUT2D eigenvalue weighted by Gasteiger charge is 2.32. The molecular formula is C23H25ClF2N2O4. The van der Waals surface area contributed by atoms with Crippen LogP contribution < -0.4 is 5.32 Å². The van der Waals surface area contributed by atoms with Crippen molar-refractivity contribution in [2.75, 3.05) is 11.9 Å². The molecule has 1 fully saturated rings. The van der Waals surface area contributed by atoms with Crippen LogP contribution in [0.2, 0.25) is 5.02 Å². The first-order chi connectivity index (χ1) is 15.2. The van der Waals surface area contributed by atoms with E-state index in [-0.39, 0.29) is 29.3 Å². The first-order valence-corrected chi connectivity index (χ1v) is 10.8. The molecule has 32 heavy (non-hydrogen) atoms. The van der Waals surface area contributed by atoms with Gasteiger partial charge in [0.2, 0.25) is 5.91 Å². The Balaban J connectivity index is 1.69. The van der Waals surface area contributed by atoms with E-state index in [2.05, 4.69) is 5.32 Å². The molecule has 0 unspecified atom stereocenters. The number of halogens is 3. The third-order valence-corrected chi connectivity index (χ3v) is 6.01. The second-order valence-electron chi connectivity index (χ2n) is 8.00. The van der Waals surface area contributed by atoms with Gasteiger partial charge in [0, 0.05) is 23.2 Å². The highest BCUT2D eigenvalue weighted by atomic mass is 35.5. The lowest BCUT2D eigenvalue weighted by Crippen LogP contribution is -2.39. The third kappa shape index (κ3) is 6.40. The van der Waals surface area contributed by atoms with E-state index >= 15 is 0 Å². The van der Waals surface area contributed by atoms with Crippen LogP contribution in [0.1, 0.15) is 31.2 Å². The third-order valence-electron chi connectivity index (χ3n) is 5.66. The van der Waals surface area contributed by atoms with Gasteiger partial charge in [-0.15, -0.1) is 0 Å². The van der Waals surface area contributed by atoms with Gasteiger partial charge in [-0.05, 0) is 67.6 Å². The van der Waals surface area contributed by atoms with Crippen molar-refractivity contribution in [3.05, 3.63) is 64.7 Å². The fraction of sp³-hybridized carbons (Fsp3) is 0.391. The Bertz CT molecular complexity index is 958. The lowest BCUT2D eigenvalue weighted by Gasteiger charge is -2.26. The molecule has 1 aliphatic rings. The normalized spacial score (nSPS) is 20.9. The van der Waals surface area contributed by atoms with Gasteiger partial charge in [0.1, 0.15) is 18.2 Å². The minimum atomic E-state index is -1.17. The number of aliphatic hydroxyl groups excluding tert-OH is 1. The van der Waals surface area contributed by atoms with Crippen LogP contribution in [-0.4, -0.2) is 45.7 Å². The van der Waals surface area contributed by atoms with Crippen molar-refractivity contribution in [3.63, 3.8) is 0 Å². The lowest BCUT2D eigenvalue weighted by atomic mass is 9.98. The quantitative estimate of drug-likeness (QED) is 0.535. The predicted octanol–water partition coefficient (Wildman–Crippen LogP) is 4.06. The summed E-state index contributed by atoms with van der Waals surface area (Å²) in [5, 5.41) is 23.1. The number of aliphatic carboxylic acids is 1. The number of hydrogen-bond donors (Lipinski definition) is 3. The molecule has 172 valence electrons. The lowest BCUT2D eigenvalue weighted by molar-refractivity contribution is -0.147. The minimum Gasteiger partial charge on any atom is -0.480 e. The van der Waals surface area contributed by atoms with E-state index in [9.17, 15) is 28.6 Å². The molecule has 3 atom stereocenters. The van der Waals surface area contributed by atoms with Crippen molar-refractivity contribution in [1.29, 1.82) is 0 Å². The first-order valence-electron chi connectivity index (χ1n) is 10.4. The highest BCUT2D eigenvalue weighted by molar-refractivity contribution is 6.31. The molecule has 3 N–H and O–H groups in total. The zero-order valence-corrected chi connectivity index (χ0v) is 18.1. The smallest absolute Gasteiger partial charge is 0.323 e. The van der Waals surface area contributed by atoms with Gasteiger partial charge in [-0.1, -0.05) is 17.7 Å². The molecule has 0 heterocycles. The van der Waals surface area contributed by atoms with Gasteiger partial charge in [0.05, 0.1) is 12.1 Å². The molecule has 9 heteroatoms. The van der Waals surface area contributed by atoms with Crippen molar-refractivity contribution < 1.29 is 28.6 Å². The second-order valence-corrected chi connectivity index (χ2v) is 8.41. The van der Waals surface area contributed by atoms with Crippen LogP contribution in [0.15, 0.2) is 42.5 Å². The Morgan fingerprint density at radius 2 is 1.69 bits per heavy atom. The zero-order chi connectivity index (χ0) is 23.3. The average molecular weight is 467 g/mol. The number of anilines is 1. The SMILES string of the molecule is O=C(O)CN(Cc1ccc(F)cc1Cl)C(=O)[C@@H]1CC[C@H](Nc2ccc(F)cc2)[C@@H](O)CC1. The number of benzene rings is 2. The molecule has 0 spiro atoms. The van der Waals surface area contributed by atoms with E-state index < -0.39 is 30.4 Å². The van der Waals surface area contributed by atoms with Crippen molar-refractivity contribution in [3.8, 4) is 0 Å². The summed E-state index contributed by atoms with van der Waals surface area (Å²) in [6, 6.07) is 9.24. The molecule has 0 saturated heterocycles. The Labute approximate surface area is 189 Å². The van der Waals surface area contributed by atoms with Crippen LogP contribution in [0.5, 0.6) is 0 Å². The summed E-state index contributed by atoms with van der Waals surface area (Å²) in [5.41, 5.74) is 1.12. The monoisotopic (exact) mass is 466 g/mol. The van der Waals surface area contributed by atoms with Crippen LogP contribution in [-0.2, 0) is 16.1 Å². The molecule has 1 amide bonds. The maximum atomic E-state index is 13.3. The Morgan fingerprint density at radius 1 is 1.03 bits per heavy atom. The molecule has 1 aliphatic carbocycles. The molecule has 0 aromatic heterocycles.